The zero-order valence-corrected chi connectivity index (χ0v) is 44.3. The molecule has 10 radical (unpaired) electrons. The minimum absolute atomic E-state index is 0. The van der Waals surface area contributed by atoms with Gasteiger partial charge >= 0.3 is 0 Å². The molecule has 0 atom stereocenters. The Morgan fingerprint density at radius 2 is 0.419 bits per heavy atom. The molecule has 0 aromatic rings. The standard InChI is InChI=1S/C13H24.8CH4.10Y/c1-10(2)7-12(5)9-13(6)8-11(3)4;;;;;;;;;;;;;;;;;;/h7-9H2,1-6H3;8*1H4;;;;;;;;;;/q-4;;;;;;;;;;;;;;;;;;. The Hall–Kier alpha value is 11.0. The summed E-state index contributed by atoms with van der Waals surface area (Å²) in [5.41, 5.74) is 0. The summed E-state index contributed by atoms with van der Waals surface area (Å²) in [5, 5.41) is 0. The van der Waals surface area contributed by atoms with Crippen molar-refractivity contribution in [1.29, 1.82) is 0 Å². The molecule has 0 amide bonds. The van der Waals surface area contributed by atoms with E-state index in [1.165, 1.54) is 31.1 Å². The van der Waals surface area contributed by atoms with Crippen molar-refractivity contribution in [3.05, 3.63) is 23.7 Å². The van der Waals surface area contributed by atoms with Gasteiger partial charge in [-0.25, -0.2) is 0 Å². The Kier molecular flexibility index (Phi) is 418. The Labute approximate surface area is 458 Å². The van der Waals surface area contributed by atoms with Gasteiger partial charge in [0, 0.05) is 327 Å². The second-order valence-electron chi connectivity index (χ2n) is 4.86. The van der Waals surface area contributed by atoms with Crippen LogP contribution in [0.25, 0.3) is 0 Å². The molecule has 0 heterocycles. The molecule has 10 heteroatoms. The maximum atomic E-state index is 2.27. The fraction of sp³-hybridized carbons (Fsp3) is 0.810. The zero-order chi connectivity index (χ0) is 10.4. The molecule has 0 rings (SSSR count). The second-order valence-corrected chi connectivity index (χ2v) is 4.86. The molecule has 0 aliphatic rings. The smallest absolute Gasteiger partial charge is 0 e. The number of hydrogen-bond donors (Lipinski definition) is 0. The van der Waals surface area contributed by atoms with E-state index in [2.05, 4.69) is 41.5 Å². The SMILES string of the molecule is C.C.C.C.C.C.C.C.C[C-](C)C[C-](C)C[C-](C)C[C-](C)C.[Y].[Y].[Y].[Y].[Y].[Y].[Y].[Y].[Y].[Y]. The summed E-state index contributed by atoms with van der Waals surface area (Å²) in [4.78, 5) is 0. The van der Waals surface area contributed by atoms with Crippen LogP contribution in [-0.2, 0) is 327 Å². The summed E-state index contributed by atoms with van der Waals surface area (Å²) in [5.74, 6) is 6.22. The van der Waals surface area contributed by atoms with Gasteiger partial charge in [-0.15, -0.1) is 0 Å². The molecular weight excluding hydrogens is 1140 g/mol. The van der Waals surface area contributed by atoms with E-state index in [4.69, 9.17) is 0 Å². The maximum Gasteiger partial charge on any atom is 0 e. The molecule has 0 spiro atoms. The molecule has 0 fully saturated rings. The van der Waals surface area contributed by atoms with Crippen molar-refractivity contribution in [2.24, 2.45) is 0 Å². The quantitative estimate of drug-likeness (QED) is 0.233. The van der Waals surface area contributed by atoms with E-state index in [-0.39, 0.29) is 387 Å². The van der Waals surface area contributed by atoms with Crippen LogP contribution < -0.4 is 0 Å². The van der Waals surface area contributed by atoms with Gasteiger partial charge in [-0.3, -0.25) is 0 Å². The normalized spacial score (nSPS) is 5.23. The Morgan fingerprint density at radius 3 is 0.516 bits per heavy atom. The van der Waals surface area contributed by atoms with Gasteiger partial charge in [0.25, 0.3) is 0 Å². The van der Waals surface area contributed by atoms with E-state index in [1.807, 2.05) is 0 Å². The molecule has 31 heavy (non-hydrogen) atoms. The molecule has 0 saturated carbocycles. The van der Waals surface area contributed by atoms with Crippen LogP contribution in [0.4, 0.5) is 0 Å². The molecule has 0 bridgehead atoms. The van der Waals surface area contributed by atoms with Gasteiger partial charge in [-0.2, -0.15) is 41.5 Å². The Morgan fingerprint density at radius 1 is 0.290 bits per heavy atom. The van der Waals surface area contributed by atoms with Crippen LogP contribution >= 0.6 is 0 Å². The molecule has 0 nitrogen and oxygen atoms in total. The van der Waals surface area contributed by atoms with Gasteiger partial charge in [-0.1, -0.05) is 59.4 Å². The summed E-state index contributed by atoms with van der Waals surface area (Å²) in [6.45, 7) is 13.3. The minimum Gasteiger partial charge on any atom is -0.374 e. The fourth-order valence-electron chi connectivity index (χ4n) is 1.85. The monoisotopic (exact) mass is 1200 g/mol. The van der Waals surface area contributed by atoms with Crippen molar-refractivity contribution in [2.45, 2.75) is 120 Å². The Bertz CT molecular complexity index is 127. The van der Waals surface area contributed by atoms with Gasteiger partial charge in [0.1, 0.15) is 0 Å². The van der Waals surface area contributed by atoms with Crippen molar-refractivity contribution in [2.75, 3.05) is 0 Å². The average Bonchev–Trinajstić information content (AvgIpc) is 1.80. The third-order valence-corrected chi connectivity index (χ3v) is 1.91. The van der Waals surface area contributed by atoms with Crippen molar-refractivity contribution in [1.82, 2.24) is 0 Å². The summed E-state index contributed by atoms with van der Waals surface area (Å²) in [7, 11) is 0. The first-order chi connectivity index (χ1) is 5.91. The summed E-state index contributed by atoms with van der Waals surface area (Å²) < 4.78 is 0. The molecule has 0 aromatic heterocycles. The maximum absolute atomic E-state index is 2.27. The minimum atomic E-state index is 0. The van der Waals surface area contributed by atoms with Crippen LogP contribution in [0.3, 0.4) is 0 Å². The molecule has 174 valence electrons. The first-order valence-electron chi connectivity index (χ1n) is 5.12. The Balaban J connectivity index is -0.00000000471. The molecule has 0 N–H and O–H groups in total. The van der Waals surface area contributed by atoms with Crippen LogP contribution in [-0.4, -0.2) is 0 Å². The van der Waals surface area contributed by atoms with Gasteiger partial charge in [0.2, 0.25) is 0 Å². The largest absolute Gasteiger partial charge is 0.374 e. The molecule has 0 unspecified atom stereocenters. The third kappa shape index (κ3) is 118. The van der Waals surface area contributed by atoms with Crippen LogP contribution in [0.2, 0.25) is 0 Å². The molecule has 0 aromatic carbocycles. The summed E-state index contributed by atoms with van der Waals surface area (Å²) >= 11 is 0. The first-order valence-corrected chi connectivity index (χ1v) is 5.12. The van der Waals surface area contributed by atoms with Crippen LogP contribution in [0, 0.1) is 23.7 Å². The van der Waals surface area contributed by atoms with Gasteiger partial charge < -0.3 is 42.9 Å². The van der Waals surface area contributed by atoms with E-state index in [0.717, 1.165) is 0 Å². The van der Waals surface area contributed by atoms with Crippen LogP contribution in [0.15, 0.2) is 0 Å². The molecule has 0 saturated heterocycles. The van der Waals surface area contributed by atoms with Crippen molar-refractivity contribution >= 4 is 0 Å². The number of hydrogen-bond acceptors (Lipinski definition) is 0. The predicted molar refractivity (Wildman–Crippen MR) is 115 cm³/mol. The van der Waals surface area contributed by atoms with E-state index in [1.54, 1.807) is 11.8 Å². The second kappa shape index (κ2) is 97.0. The van der Waals surface area contributed by atoms with Crippen molar-refractivity contribution in [3.63, 3.8) is 0 Å². The van der Waals surface area contributed by atoms with Crippen molar-refractivity contribution < 1.29 is 327 Å². The fourth-order valence-corrected chi connectivity index (χ4v) is 1.85. The van der Waals surface area contributed by atoms with E-state index >= 15 is 0 Å². The molecular formula is C21H56Y10-4. The van der Waals surface area contributed by atoms with E-state index in [0.29, 0.717) is 0 Å². The van der Waals surface area contributed by atoms with Gasteiger partial charge in [0.15, 0.2) is 0 Å². The van der Waals surface area contributed by atoms with E-state index in [9.17, 15) is 0 Å². The molecule has 0 aliphatic carbocycles. The van der Waals surface area contributed by atoms with Crippen LogP contribution in [0.1, 0.15) is 120 Å². The van der Waals surface area contributed by atoms with E-state index < -0.39 is 0 Å². The van der Waals surface area contributed by atoms with Gasteiger partial charge in [0.05, 0.1) is 0 Å². The summed E-state index contributed by atoms with van der Waals surface area (Å²) in [6, 6.07) is 0. The molecule has 0 aliphatic heterocycles. The number of rotatable bonds is 6. The predicted octanol–water partition coefficient (Wildman–Crippen LogP) is 9.64. The summed E-state index contributed by atoms with van der Waals surface area (Å²) in [6.07, 6.45) is 3.59. The van der Waals surface area contributed by atoms with Crippen LogP contribution in [0.5, 0.6) is 0 Å². The first kappa shape index (κ1) is 133. The average molecular weight is 1200 g/mol. The topological polar surface area (TPSA) is 0 Å². The third-order valence-electron chi connectivity index (χ3n) is 1.91. The van der Waals surface area contributed by atoms with Gasteiger partial charge in [-0.05, 0) is 0 Å². The van der Waals surface area contributed by atoms with Crippen molar-refractivity contribution in [3.8, 4) is 0 Å². The zero-order valence-electron chi connectivity index (χ0n) is 15.9.